The van der Waals surface area contributed by atoms with Gasteiger partial charge in [-0.15, -0.1) is 0 Å². The van der Waals surface area contributed by atoms with Gasteiger partial charge in [-0.1, -0.05) is 12.8 Å². The minimum atomic E-state index is -0.385. The number of nitriles is 3. The molecule has 0 radical (unpaired) electrons. The zero-order chi connectivity index (χ0) is 16.7. The third-order valence-corrected chi connectivity index (χ3v) is 3.75. The van der Waals surface area contributed by atoms with Gasteiger partial charge in [-0.3, -0.25) is 0 Å². The average Bonchev–Trinajstić information content (AvgIpc) is 2.84. The molecule has 0 aromatic heterocycles. The number of benzene rings is 1. The second kappa shape index (κ2) is 7.82. The topological polar surface area (TPSA) is 86.6 Å². The van der Waals surface area contributed by atoms with Crippen molar-refractivity contribution >= 4 is 11.4 Å². The number of hydrogen-bond acceptors (Lipinski definition) is 5. The molecule has 1 fully saturated rings. The summed E-state index contributed by atoms with van der Waals surface area (Å²) >= 11 is 0. The van der Waals surface area contributed by atoms with Crippen LogP contribution in [0.3, 0.4) is 0 Å². The van der Waals surface area contributed by atoms with E-state index in [-0.39, 0.29) is 17.1 Å². The molecule has 2 rings (SSSR count). The predicted molar refractivity (Wildman–Crippen MR) is 84.6 cm³/mol. The molecule has 1 heterocycles. The van der Waals surface area contributed by atoms with Crippen LogP contribution < -0.4 is 10.2 Å². The molecule has 0 spiro atoms. The number of allylic oxidation sites excluding steroid dienone is 2. The predicted octanol–water partition coefficient (Wildman–Crippen LogP) is 3.44. The third kappa shape index (κ3) is 3.99. The molecule has 0 unspecified atom stereocenters. The zero-order valence-corrected chi connectivity index (χ0v) is 12.6. The molecule has 1 saturated heterocycles. The first kappa shape index (κ1) is 16.3. The lowest BCUT2D eigenvalue weighted by atomic mass is 10.2. The van der Waals surface area contributed by atoms with E-state index in [2.05, 4.69) is 5.32 Å². The summed E-state index contributed by atoms with van der Waals surface area (Å²) < 4.78 is 14.4. The van der Waals surface area contributed by atoms with Crippen LogP contribution in [-0.4, -0.2) is 13.1 Å². The van der Waals surface area contributed by atoms with Crippen LogP contribution in [0, 0.1) is 39.8 Å². The van der Waals surface area contributed by atoms with Gasteiger partial charge in [-0.25, -0.2) is 4.39 Å². The van der Waals surface area contributed by atoms with E-state index in [4.69, 9.17) is 15.8 Å². The normalized spacial score (nSPS) is 13.9. The Kier molecular flexibility index (Phi) is 5.56. The lowest BCUT2D eigenvalue weighted by Gasteiger charge is -2.23. The quantitative estimate of drug-likeness (QED) is 0.864. The van der Waals surface area contributed by atoms with E-state index in [9.17, 15) is 4.39 Å². The van der Waals surface area contributed by atoms with Gasteiger partial charge < -0.3 is 10.2 Å². The molecular formula is C17H16FN5. The van der Waals surface area contributed by atoms with Crippen LogP contribution in [0.25, 0.3) is 0 Å². The molecule has 5 nitrogen and oxygen atoms in total. The lowest BCUT2D eigenvalue weighted by Crippen LogP contribution is -2.24. The van der Waals surface area contributed by atoms with Crippen molar-refractivity contribution in [3.63, 3.8) is 0 Å². The molecule has 0 atom stereocenters. The second-order valence-corrected chi connectivity index (χ2v) is 5.28. The molecule has 1 N–H and O–H groups in total. The molecule has 116 valence electrons. The molecule has 0 amide bonds. The summed E-state index contributed by atoms with van der Waals surface area (Å²) in [7, 11) is 0. The molecule has 0 aliphatic carbocycles. The van der Waals surface area contributed by atoms with Crippen molar-refractivity contribution in [2.45, 2.75) is 25.7 Å². The van der Waals surface area contributed by atoms with Gasteiger partial charge in [0.05, 0.1) is 5.69 Å². The Morgan fingerprint density at radius 1 is 1.00 bits per heavy atom. The van der Waals surface area contributed by atoms with Crippen LogP contribution in [0.4, 0.5) is 15.8 Å². The number of halogens is 1. The zero-order valence-electron chi connectivity index (χ0n) is 12.6. The highest BCUT2D eigenvalue weighted by Crippen LogP contribution is 2.26. The summed E-state index contributed by atoms with van der Waals surface area (Å²) in [6.07, 6.45) is 4.43. The van der Waals surface area contributed by atoms with Crippen LogP contribution in [0.5, 0.6) is 0 Å². The van der Waals surface area contributed by atoms with Gasteiger partial charge in [0, 0.05) is 18.8 Å². The maximum Gasteiger partial charge on any atom is 0.163 e. The monoisotopic (exact) mass is 309 g/mol. The largest absolute Gasteiger partial charge is 0.369 e. The first-order valence-corrected chi connectivity index (χ1v) is 7.45. The second-order valence-electron chi connectivity index (χ2n) is 5.28. The van der Waals surface area contributed by atoms with E-state index in [1.807, 2.05) is 4.90 Å². The molecule has 6 heteroatoms. The maximum atomic E-state index is 14.4. The van der Waals surface area contributed by atoms with Crippen molar-refractivity contribution < 1.29 is 4.39 Å². The average molecular weight is 309 g/mol. The van der Waals surface area contributed by atoms with E-state index < -0.39 is 0 Å². The Bertz CT molecular complexity index is 709. The summed E-state index contributed by atoms with van der Waals surface area (Å²) in [6.45, 7) is 1.67. The molecule has 23 heavy (non-hydrogen) atoms. The molecule has 1 aliphatic rings. The van der Waals surface area contributed by atoms with Gasteiger partial charge in [0.2, 0.25) is 0 Å². The van der Waals surface area contributed by atoms with Crippen molar-refractivity contribution in [1.29, 1.82) is 15.8 Å². The fraction of sp³-hybridized carbons (Fsp3) is 0.353. The number of nitrogens with one attached hydrogen (secondary N) is 1. The van der Waals surface area contributed by atoms with Gasteiger partial charge in [0.1, 0.15) is 29.7 Å². The molecular weight excluding hydrogens is 293 g/mol. The van der Waals surface area contributed by atoms with E-state index in [1.165, 1.54) is 18.9 Å². The summed E-state index contributed by atoms with van der Waals surface area (Å²) in [5.74, 6) is -0.385. The van der Waals surface area contributed by atoms with Gasteiger partial charge in [-0.2, -0.15) is 15.8 Å². The van der Waals surface area contributed by atoms with Gasteiger partial charge in [0.25, 0.3) is 0 Å². The minimum absolute atomic E-state index is 0.183. The molecule has 0 saturated carbocycles. The number of rotatable bonds is 3. The van der Waals surface area contributed by atoms with Crippen LogP contribution in [0.1, 0.15) is 25.7 Å². The van der Waals surface area contributed by atoms with Crippen molar-refractivity contribution in [2.24, 2.45) is 0 Å². The fourth-order valence-electron chi connectivity index (χ4n) is 2.58. The smallest absolute Gasteiger partial charge is 0.163 e. The lowest BCUT2D eigenvalue weighted by molar-refractivity contribution is 0.617. The standard InChI is InChI=1S/C17H16FN5/c18-15-9-14(22-16(12-21)13(10-19)11-20)5-6-17(15)23-7-3-1-2-4-8-23/h5-6,9,22H,1-4,7-8H2. The highest BCUT2D eigenvalue weighted by molar-refractivity contribution is 5.62. The Morgan fingerprint density at radius 3 is 2.17 bits per heavy atom. The highest BCUT2D eigenvalue weighted by Gasteiger charge is 2.15. The summed E-state index contributed by atoms with van der Waals surface area (Å²) in [5, 5.41) is 29.2. The van der Waals surface area contributed by atoms with Crippen molar-refractivity contribution in [2.75, 3.05) is 23.3 Å². The molecule has 1 aromatic rings. The summed E-state index contributed by atoms with van der Waals surface area (Å²) in [6, 6.07) is 9.62. The van der Waals surface area contributed by atoms with Gasteiger partial charge in [-0.05, 0) is 31.0 Å². The Hall–Kier alpha value is -3.04. The van der Waals surface area contributed by atoms with Crippen LogP contribution >= 0.6 is 0 Å². The van der Waals surface area contributed by atoms with Gasteiger partial charge >= 0.3 is 0 Å². The number of anilines is 2. The first-order chi connectivity index (χ1) is 11.2. The number of hydrogen-bond donors (Lipinski definition) is 1. The van der Waals surface area contributed by atoms with Crippen molar-refractivity contribution in [3.05, 3.63) is 35.3 Å². The third-order valence-electron chi connectivity index (χ3n) is 3.75. The Labute approximate surface area is 134 Å². The van der Waals surface area contributed by atoms with E-state index >= 15 is 0 Å². The van der Waals surface area contributed by atoms with E-state index in [1.54, 1.807) is 30.3 Å². The highest BCUT2D eigenvalue weighted by atomic mass is 19.1. The van der Waals surface area contributed by atoms with Gasteiger partial charge in [0.15, 0.2) is 5.57 Å². The van der Waals surface area contributed by atoms with E-state index in [0.29, 0.717) is 11.4 Å². The SMILES string of the molecule is N#CC(C#N)=C(C#N)Nc1ccc(N2CCCCCC2)c(F)c1. The number of nitrogens with zero attached hydrogens (tertiary/aromatic N) is 4. The maximum absolute atomic E-state index is 14.4. The van der Waals surface area contributed by atoms with Crippen molar-refractivity contribution in [1.82, 2.24) is 0 Å². The summed E-state index contributed by atoms with van der Waals surface area (Å²) in [4.78, 5) is 2.03. The summed E-state index contributed by atoms with van der Waals surface area (Å²) in [5.41, 5.74) is 0.364. The van der Waals surface area contributed by atoms with Crippen molar-refractivity contribution in [3.8, 4) is 18.2 Å². The molecule has 1 aromatic carbocycles. The fourth-order valence-corrected chi connectivity index (χ4v) is 2.58. The van der Waals surface area contributed by atoms with Crippen LogP contribution in [0.2, 0.25) is 0 Å². The molecule has 1 aliphatic heterocycles. The Morgan fingerprint density at radius 2 is 1.65 bits per heavy atom. The first-order valence-electron chi connectivity index (χ1n) is 7.45. The van der Waals surface area contributed by atoms with Crippen LogP contribution in [-0.2, 0) is 0 Å². The van der Waals surface area contributed by atoms with E-state index in [0.717, 1.165) is 25.9 Å². The minimum Gasteiger partial charge on any atom is -0.369 e. The Balaban J connectivity index is 2.23. The molecule has 0 bridgehead atoms. The van der Waals surface area contributed by atoms with Crippen LogP contribution in [0.15, 0.2) is 29.5 Å².